The second-order valence-corrected chi connectivity index (χ2v) is 4.56. The van der Waals surface area contributed by atoms with Crippen molar-refractivity contribution in [3.63, 3.8) is 0 Å². The van der Waals surface area contributed by atoms with E-state index in [0.29, 0.717) is 12.1 Å². The van der Waals surface area contributed by atoms with Crippen molar-refractivity contribution in [1.82, 2.24) is 10.2 Å². The molecule has 1 aliphatic rings. The Morgan fingerprint density at radius 1 is 1.56 bits per heavy atom. The molecule has 16 heavy (non-hydrogen) atoms. The molecular formula is C13H26N2O. The van der Waals surface area contributed by atoms with Crippen LogP contribution in [0, 0.1) is 0 Å². The maximum Gasteiger partial charge on any atom is 0.0587 e. The van der Waals surface area contributed by atoms with Crippen molar-refractivity contribution in [2.45, 2.75) is 38.3 Å². The molecule has 0 radical (unpaired) electrons. The number of nitrogens with one attached hydrogen (secondary N) is 1. The molecule has 1 N–H and O–H groups in total. The van der Waals surface area contributed by atoms with E-state index in [1.54, 1.807) is 7.11 Å². The van der Waals surface area contributed by atoms with Crippen LogP contribution in [0.3, 0.4) is 0 Å². The summed E-state index contributed by atoms with van der Waals surface area (Å²) in [5.41, 5.74) is 0. The second kappa shape index (κ2) is 7.82. The van der Waals surface area contributed by atoms with E-state index in [4.69, 9.17) is 4.74 Å². The van der Waals surface area contributed by atoms with Crippen LogP contribution < -0.4 is 5.32 Å². The number of likely N-dealkylation sites (tertiary alicyclic amines) is 1. The van der Waals surface area contributed by atoms with Gasteiger partial charge in [-0.05, 0) is 26.3 Å². The van der Waals surface area contributed by atoms with Crippen LogP contribution in [0.5, 0.6) is 0 Å². The highest BCUT2D eigenvalue weighted by molar-refractivity contribution is 4.90. The van der Waals surface area contributed by atoms with Gasteiger partial charge < -0.3 is 10.1 Å². The molecule has 1 fully saturated rings. The van der Waals surface area contributed by atoms with Gasteiger partial charge in [-0.15, -0.1) is 6.58 Å². The van der Waals surface area contributed by atoms with Gasteiger partial charge in [0.05, 0.1) is 6.61 Å². The van der Waals surface area contributed by atoms with E-state index in [1.807, 2.05) is 6.08 Å². The number of rotatable bonds is 7. The number of ether oxygens (including phenoxy) is 1. The number of hydrogen-bond donors (Lipinski definition) is 1. The zero-order valence-electron chi connectivity index (χ0n) is 10.7. The van der Waals surface area contributed by atoms with Crippen LogP contribution in [0.1, 0.15) is 26.2 Å². The third-order valence-electron chi connectivity index (χ3n) is 3.40. The van der Waals surface area contributed by atoms with Gasteiger partial charge in [-0.25, -0.2) is 0 Å². The van der Waals surface area contributed by atoms with Crippen molar-refractivity contribution in [3.05, 3.63) is 12.7 Å². The third kappa shape index (κ3) is 4.24. The van der Waals surface area contributed by atoms with Gasteiger partial charge in [0.15, 0.2) is 0 Å². The van der Waals surface area contributed by atoms with Crippen LogP contribution in [0.15, 0.2) is 12.7 Å². The average molecular weight is 226 g/mol. The quantitative estimate of drug-likeness (QED) is 0.528. The lowest BCUT2D eigenvalue weighted by atomic mass is 10.00. The molecule has 94 valence electrons. The first-order valence-electron chi connectivity index (χ1n) is 6.37. The largest absolute Gasteiger partial charge is 0.383 e. The second-order valence-electron chi connectivity index (χ2n) is 4.56. The highest BCUT2D eigenvalue weighted by atomic mass is 16.5. The Balaban J connectivity index is 2.32. The molecule has 0 aromatic rings. The maximum absolute atomic E-state index is 5.03. The summed E-state index contributed by atoms with van der Waals surface area (Å²) in [5.74, 6) is 0. The van der Waals surface area contributed by atoms with Gasteiger partial charge in [0, 0.05) is 32.3 Å². The Labute approximate surface area is 99.8 Å². The zero-order chi connectivity index (χ0) is 11.8. The molecule has 1 saturated heterocycles. The summed E-state index contributed by atoms with van der Waals surface area (Å²) in [5, 5.41) is 3.46. The molecule has 2 unspecified atom stereocenters. The minimum Gasteiger partial charge on any atom is -0.383 e. The monoisotopic (exact) mass is 226 g/mol. The summed E-state index contributed by atoms with van der Waals surface area (Å²) in [6.07, 6.45) is 6.04. The van der Waals surface area contributed by atoms with E-state index in [2.05, 4.69) is 23.7 Å². The molecule has 3 heteroatoms. The molecule has 1 heterocycles. The maximum atomic E-state index is 5.03. The lowest BCUT2D eigenvalue weighted by Gasteiger charge is -2.39. The van der Waals surface area contributed by atoms with Gasteiger partial charge in [0.2, 0.25) is 0 Å². The molecule has 1 aliphatic heterocycles. The van der Waals surface area contributed by atoms with E-state index in [-0.39, 0.29) is 0 Å². The van der Waals surface area contributed by atoms with Crippen LogP contribution in [-0.2, 0) is 4.74 Å². The molecule has 0 aromatic heterocycles. The Morgan fingerprint density at radius 3 is 3.06 bits per heavy atom. The molecule has 0 spiro atoms. The van der Waals surface area contributed by atoms with Crippen molar-refractivity contribution in [2.75, 3.05) is 33.4 Å². The number of piperidine rings is 1. The minimum absolute atomic E-state index is 0.495. The Morgan fingerprint density at radius 2 is 2.38 bits per heavy atom. The van der Waals surface area contributed by atoms with Gasteiger partial charge in [-0.2, -0.15) is 0 Å². The fourth-order valence-electron chi connectivity index (χ4n) is 2.36. The van der Waals surface area contributed by atoms with Crippen LogP contribution in [0.4, 0.5) is 0 Å². The highest BCUT2D eigenvalue weighted by Gasteiger charge is 2.24. The van der Waals surface area contributed by atoms with Gasteiger partial charge in [-0.1, -0.05) is 12.5 Å². The van der Waals surface area contributed by atoms with Crippen LogP contribution in [-0.4, -0.2) is 50.3 Å². The van der Waals surface area contributed by atoms with Crippen LogP contribution in [0.2, 0.25) is 0 Å². The summed E-state index contributed by atoms with van der Waals surface area (Å²) in [4.78, 5) is 2.57. The number of nitrogens with zero attached hydrogens (tertiary/aromatic N) is 1. The summed E-state index contributed by atoms with van der Waals surface area (Å²) in [6, 6.07) is 1.16. The Kier molecular flexibility index (Phi) is 6.69. The SMILES string of the molecule is C=CC(C)N1CCCCC1CNCCOC. The molecule has 2 atom stereocenters. The van der Waals surface area contributed by atoms with Crippen molar-refractivity contribution in [2.24, 2.45) is 0 Å². The predicted molar refractivity (Wildman–Crippen MR) is 68.7 cm³/mol. The van der Waals surface area contributed by atoms with E-state index >= 15 is 0 Å². The molecule has 0 bridgehead atoms. The number of methoxy groups -OCH3 is 1. The average Bonchev–Trinajstić information content (AvgIpc) is 2.34. The van der Waals surface area contributed by atoms with Crippen LogP contribution in [0.25, 0.3) is 0 Å². The minimum atomic E-state index is 0.495. The first-order valence-corrected chi connectivity index (χ1v) is 6.37. The smallest absolute Gasteiger partial charge is 0.0587 e. The Hall–Kier alpha value is -0.380. The number of hydrogen-bond acceptors (Lipinski definition) is 3. The van der Waals surface area contributed by atoms with E-state index in [9.17, 15) is 0 Å². The van der Waals surface area contributed by atoms with Crippen molar-refractivity contribution < 1.29 is 4.74 Å². The predicted octanol–water partition coefficient (Wildman–Crippen LogP) is 1.65. The molecule has 0 aliphatic carbocycles. The third-order valence-corrected chi connectivity index (χ3v) is 3.40. The molecule has 3 nitrogen and oxygen atoms in total. The zero-order valence-corrected chi connectivity index (χ0v) is 10.7. The topological polar surface area (TPSA) is 24.5 Å². The summed E-state index contributed by atoms with van der Waals surface area (Å²) >= 11 is 0. The first kappa shape index (κ1) is 13.7. The molecule has 0 aromatic carbocycles. The lowest BCUT2D eigenvalue weighted by Crippen LogP contribution is -2.49. The normalized spacial score (nSPS) is 24.2. The van der Waals surface area contributed by atoms with E-state index in [0.717, 1.165) is 19.7 Å². The molecule has 0 saturated carbocycles. The summed E-state index contributed by atoms with van der Waals surface area (Å²) in [7, 11) is 1.74. The summed E-state index contributed by atoms with van der Waals surface area (Å²) in [6.45, 7) is 10.2. The van der Waals surface area contributed by atoms with Gasteiger partial charge in [0.25, 0.3) is 0 Å². The molecule has 1 rings (SSSR count). The summed E-state index contributed by atoms with van der Waals surface area (Å²) < 4.78 is 5.03. The van der Waals surface area contributed by atoms with Crippen molar-refractivity contribution in [1.29, 1.82) is 0 Å². The van der Waals surface area contributed by atoms with Gasteiger partial charge in [-0.3, -0.25) is 4.90 Å². The van der Waals surface area contributed by atoms with Crippen LogP contribution >= 0.6 is 0 Å². The Bertz CT molecular complexity index is 196. The highest BCUT2D eigenvalue weighted by Crippen LogP contribution is 2.19. The van der Waals surface area contributed by atoms with Crippen molar-refractivity contribution in [3.8, 4) is 0 Å². The van der Waals surface area contributed by atoms with Gasteiger partial charge in [0.1, 0.15) is 0 Å². The van der Waals surface area contributed by atoms with E-state index < -0.39 is 0 Å². The fraction of sp³-hybridized carbons (Fsp3) is 0.846. The standard InChI is InChI=1S/C13H26N2O/c1-4-12(2)15-9-6-5-7-13(15)11-14-8-10-16-3/h4,12-14H,1,5-11H2,2-3H3. The van der Waals surface area contributed by atoms with Gasteiger partial charge >= 0.3 is 0 Å². The fourth-order valence-corrected chi connectivity index (χ4v) is 2.36. The molecule has 0 amide bonds. The lowest BCUT2D eigenvalue weighted by molar-refractivity contribution is 0.119. The van der Waals surface area contributed by atoms with Crippen molar-refractivity contribution >= 4 is 0 Å². The molecular weight excluding hydrogens is 200 g/mol. The first-order chi connectivity index (χ1) is 7.79. The van der Waals surface area contributed by atoms with E-state index in [1.165, 1.54) is 25.8 Å².